The van der Waals surface area contributed by atoms with Crippen molar-refractivity contribution in [3.63, 3.8) is 0 Å². The molecule has 7 heteroatoms. The van der Waals surface area contributed by atoms with E-state index in [9.17, 15) is 9.18 Å². The molecular weight excluding hydrogens is 431 g/mol. The van der Waals surface area contributed by atoms with Gasteiger partial charge in [-0.25, -0.2) is 4.39 Å². The first kappa shape index (κ1) is 21.1. The Hall–Kier alpha value is -4.78. The van der Waals surface area contributed by atoms with E-state index in [0.29, 0.717) is 45.0 Å². The Labute approximate surface area is 195 Å². The van der Waals surface area contributed by atoms with Gasteiger partial charge in [-0.15, -0.1) is 0 Å². The van der Waals surface area contributed by atoms with Crippen LogP contribution in [0.2, 0.25) is 0 Å². The summed E-state index contributed by atoms with van der Waals surface area (Å²) in [6.45, 7) is 0. The number of nitrogens with one attached hydrogen (secondary N) is 2. The van der Waals surface area contributed by atoms with E-state index in [2.05, 4.69) is 20.6 Å². The van der Waals surface area contributed by atoms with Gasteiger partial charge < -0.3 is 15.4 Å². The molecule has 0 spiro atoms. The normalized spacial score (nSPS) is 10.6. The first-order valence-electron chi connectivity index (χ1n) is 10.5. The number of hydrogen-bond acceptors (Lipinski definition) is 5. The number of amides is 1. The topological polar surface area (TPSA) is 76.1 Å². The SMILES string of the molecule is O=C(Nc1cccc(Oc2ccncc2)c1)c1cccc(Nc2ccnc3ccc(F)cc23)c1. The molecule has 0 aliphatic heterocycles. The maximum Gasteiger partial charge on any atom is 0.255 e. The van der Waals surface area contributed by atoms with E-state index in [1.54, 1.807) is 79.3 Å². The van der Waals surface area contributed by atoms with Crippen molar-refractivity contribution in [2.24, 2.45) is 0 Å². The van der Waals surface area contributed by atoms with Crippen molar-refractivity contribution in [2.75, 3.05) is 10.6 Å². The van der Waals surface area contributed by atoms with Crippen molar-refractivity contribution in [2.45, 2.75) is 0 Å². The number of carbonyl (C=O) groups is 1. The number of rotatable bonds is 6. The van der Waals surface area contributed by atoms with Gasteiger partial charge in [-0.1, -0.05) is 12.1 Å². The van der Waals surface area contributed by atoms with Crippen molar-refractivity contribution in [3.8, 4) is 11.5 Å². The van der Waals surface area contributed by atoms with Gasteiger partial charge in [0.05, 0.1) is 5.52 Å². The lowest BCUT2D eigenvalue weighted by Gasteiger charge is -2.12. The lowest BCUT2D eigenvalue weighted by molar-refractivity contribution is 0.102. The average Bonchev–Trinajstić information content (AvgIpc) is 2.85. The molecule has 5 aromatic rings. The summed E-state index contributed by atoms with van der Waals surface area (Å²) in [7, 11) is 0. The summed E-state index contributed by atoms with van der Waals surface area (Å²) >= 11 is 0. The molecular formula is C27H19FN4O2. The quantitative estimate of drug-likeness (QED) is 0.306. The third-order valence-corrected chi connectivity index (χ3v) is 5.08. The van der Waals surface area contributed by atoms with Crippen LogP contribution in [0.3, 0.4) is 0 Å². The van der Waals surface area contributed by atoms with Gasteiger partial charge in [0.25, 0.3) is 5.91 Å². The third kappa shape index (κ3) is 4.83. The number of nitrogens with zero attached hydrogens (tertiary/aromatic N) is 2. The van der Waals surface area contributed by atoms with Crippen LogP contribution in [0, 0.1) is 5.82 Å². The van der Waals surface area contributed by atoms with Crippen molar-refractivity contribution in [1.82, 2.24) is 9.97 Å². The summed E-state index contributed by atoms with van der Waals surface area (Å²) in [5.41, 5.74) is 3.14. The number of ether oxygens (including phenoxy) is 1. The monoisotopic (exact) mass is 450 g/mol. The van der Waals surface area contributed by atoms with Gasteiger partial charge in [-0.3, -0.25) is 14.8 Å². The zero-order valence-electron chi connectivity index (χ0n) is 17.9. The van der Waals surface area contributed by atoms with Gasteiger partial charge in [-0.05, 0) is 66.7 Å². The molecule has 34 heavy (non-hydrogen) atoms. The highest BCUT2D eigenvalue weighted by Crippen LogP contribution is 2.27. The highest BCUT2D eigenvalue weighted by molar-refractivity contribution is 6.05. The van der Waals surface area contributed by atoms with Crippen molar-refractivity contribution >= 4 is 33.9 Å². The fourth-order valence-electron chi connectivity index (χ4n) is 3.50. The molecule has 2 aromatic heterocycles. The predicted octanol–water partition coefficient (Wildman–Crippen LogP) is 6.56. The molecule has 0 fully saturated rings. The number of halogens is 1. The molecule has 0 atom stereocenters. The van der Waals surface area contributed by atoms with Crippen molar-refractivity contribution < 1.29 is 13.9 Å². The van der Waals surface area contributed by atoms with E-state index in [1.807, 2.05) is 12.1 Å². The molecule has 3 aromatic carbocycles. The molecule has 0 radical (unpaired) electrons. The fourth-order valence-corrected chi connectivity index (χ4v) is 3.50. The number of hydrogen-bond donors (Lipinski definition) is 2. The Balaban J connectivity index is 1.33. The van der Waals surface area contributed by atoms with E-state index < -0.39 is 0 Å². The second-order valence-electron chi connectivity index (χ2n) is 7.49. The molecule has 166 valence electrons. The summed E-state index contributed by atoms with van der Waals surface area (Å²) in [6.07, 6.45) is 4.95. The van der Waals surface area contributed by atoms with E-state index in [-0.39, 0.29) is 11.7 Å². The van der Waals surface area contributed by atoms with Gasteiger partial charge in [0.2, 0.25) is 0 Å². The summed E-state index contributed by atoms with van der Waals surface area (Å²) in [5.74, 6) is 0.638. The standard InChI is InChI=1S/C27H19FN4O2/c28-19-7-8-25-24(16-19)26(11-14-30-25)31-20-4-1-3-18(15-20)27(33)32-21-5-2-6-23(17-21)34-22-9-12-29-13-10-22/h1-17H,(H,30,31)(H,32,33). The second-order valence-corrected chi connectivity index (χ2v) is 7.49. The highest BCUT2D eigenvalue weighted by Gasteiger charge is 2.10. The van der Waals surface area contributed by atoms with Crippen LogP contribution in [0.5, 0.6) is 11.5 Å². The zero-order valence-corrected chi connectivity index (χ0v) is 17.9. The highest BCUT2D eigenvalue weighted by atomic mass is 19.1. The van der Waals surface area contributed by atoms with Crippen molar-refractivity contribution in [1.29, 1.82) is 0 Å². The Morgan fingerprint density at radius 2 is 1.62 bits per heavy atom. The first-order valence-corrected chi connectivity index (χ1v) is 10.5. The fraction of sp³-hybridized carbons (Fsp3) is 0. The van der Waals surface area contributed by atoms with Crippen LogP contribution >= 0.6 is 0 Å². The molecule has 1 amide bonds. The minimum atomic E-state index is -0.341. The van der Waals surface area contributed by atoms with Crippen molar-refractivity contribution in [3.05, 3.63) is 115 Å². The number of fused-ring (bicyclic) bond motifs is 1. The predicted molar refractivity (Wildman–Crippen MR) is 130 cm³/mol. The Morgan fingerprint density at radius 3 is 2.50 bits per heavy atom. The van der Waals surface area contributed by atoms with Gasteiger partial charge >= 0.3 is 0 Å². The summed E-state index contributed by atoms with van der Waals surface area (Å²) < 4.78 is 19.6. The minimum Gasteiger partial charge on any atom is -0.457 e. The van der Waals surface area contributed by atoms with Crippen LogP contribution in [-0.4, -0.2) is 15.9 Å². The number of carbonyl (C=O) groups excluding carboxylic acids is 1. The molecule has 0 saturated carbocycles. The Bertz CT molecular complexity index is 1470. The number of aromatic nitrogens is 2. The molecule has 0 saturated heterocycles. The number of anilines is 3. The summed E-state index contributed by atoms with van der Waals surface area (Å²) in [6, 6.07) is 23.9. The molecule has 0 aliphatic carbocycles. The van der Waals surface area contributed by atoms with Crippen LogP contribution in [-0.2, 0) is 0 Å². The van der Waals surface area contributed by atoms with E-state index in [0.717, 1.165) is 0 Å². The van der Waals surface area contributed by atoms with E-state index in [1.165, 1.54) is 12.1 Å². The van der Waals surface area contributed by atoms with Crippen LogP contribution in [0.25, 0.3) is 10.9 Å². The maximum atomic E-state index is 13.8. The number of benzene rings is 3. The molecule has 0 bridgehead atoms. The first-order chi connectivity index (χ1) is 16.6. The summed E-state index contributed by atoms with van der Waals surface area (Å²) in [5, 5.41) is 6.81. The largest absolute Gasteiger partial charge is 0.457 e. The molecule has 0 unspecified atom stereocenters. The zero-order chi connectivity index (χ0) is 23.3. The summed E-state index contributed by atoms with van der Waals surface area (Å²) in [4.78, 5) is 21.1. The van der Waals surface area contributed by atoms with Gasteiger partial charge in [0.15, 0.2) is 0 Å². The average molecular weight is 450 g/mol. The second kappa shape index (κ2) is 9.38. The van der Waals surface area contributed by atoms with E-state index in [4.69, 9.17) is 4.74 Å². The lowest BCUT2D eigenvalue weighted by atomic mass is 10.1. The van der Waals surface area contributed by atoms with Gasteiger partial charge in [0.1, 0.15) is 17.3 Å². The maximum absolute atomic E-state index is 13.8. The van der Waals surface area contributed by atoms with Crippen LogP contribution in [0.15, 0.2) is 104 Å². The van der Waals surface area contributed by atoms with Crippen LogP contribution < -0.4 is 15.4 Å². The molecule has 0 aliphatic rings. The van der Waals surface area contributed by atoms with E-state index >= 15 is 0 Å². The Morgan fingerprint density at radius 1 is 0.794 bits per heavy atom. The van der Waals surface area contributed by atoms with Gasteiger partial charge in [-0.2, -0.15) is 0 Å². The lowest BCUT2D eigenvalue weighted by Crippen LogP contribution is -2.12. The Kier molecular flexibility index (Phi) is 5.82. The van der Waals surface area contributed by atoms with Gasteiger partial charge in [0, 0.05) is 52.7 Å². The molecule has 5 rings (SSSR count). The smallest absolute Gasteiger partial charge is 0.255 e. The number of pyridine rings is 2. The minimum absolute atomic E-state index is 0.268. The van der Waals surface area contributed by atoms with Crippen LogP contribution in [0.4, 0.5) is 21.5 Å². The van der Waals surface area contributed by atoms with Crippen LogP contribution in [0.1, 0.15) is 10.4 Å². The molecule has 2 heterocycles. The third-order valence-electron chi connectivity index (χ3n) is 5.08. The molecule has 2 N–H and O–H groups in total. The molecule has 6 nitrogen and oxygen atoms in total.